The highest BCUT2D eigenvalue weighted by molar-refractivity contribution is 7.23. The quantitative estimate of drug-likeness (QED) is 0.264. The molecule has 2 N–H and O–H groups in total. The third-order valence-corrected chi connectivity index (χ3v) is 11.2. The van der Waals surface area contributed by atoms with E-state index in [-0.39, 0.29) is 78.7 Å². The maximum atomic E-state index is 17.1. The molecule has 46 heavy (non-hydrogen) atoms. The van der Waals surface area contributed by atoms with Crippen LogP contribution in [0.5, 0.6) is 11.8 Å². The Kier molecular flexibility index (Phi) is 7.32. The summed E-state index contributed by atoms with van der Waals surface area (Å²) in [6, 6.07) is 4.52. The number of fused-ring (bicyclic) bond motifs is 2. The number of ether oxygens (including phenoxy) is 3. The van der Waals surface area contributed by atoms with E-state index in [9.17, 15) is 14.0 Å². The van der Waals surface area contributed by atoms with Crippen molar-refractivity contribution < 1.29 is 27.4 Å². The largest absolute Gasteiger partial charge is 0.489 e. The Hall–Kier alpha value is -3.57. The van der Waals surface area contributed by atoms with Crippen molar-refractivity contribution in [3.05, 3.63) is 34.4 Å². The number of anilines is 2. The van der Waals surface area contributed by atoms with Gasteiger partial charge < -0.3 is 24.8 Å². The lowest BCUT2D eigenvalue weighted by atomic mass is 9.95. The number of nitriles is 1. The number of nitrogens with zero attached hydrogens (tertiary/aromatic N) is 5. The summed E-state index contributed by atoms with van der Waals surface area (Å²) in [6.45, 7) is 3.08. The molecule has 0 aliphatic carbocycles. The number of hydrogen-bond acceptors (Lipinski definition) is 10. The normalized spacial score (nSPS) is 24.6. The minimum absolute atomic E-state index is 0.0378. The monoisotopic (exact) mass is 670 g/mol. The van der Waals surface area contributed by atoms with Crippen LogP contribution < -0.4 is 20.1 Å². The van der Waals surface area contributed by atoms with E-state index >= 15 is 4.39 Å². The Morgan fingerprint density at radius 2 is 2.07 bits per heavy atom. The topological polar surface area (TPSA) is 110 Å². The van der Waals surface area contributed by atoms with Crippen molar-refractivity contribution in [3.8, 4) is 29.0 Å². The molecule has 14 heteroatoms. The molecular formula is C32H30ClF3N6O3S. The zero-order chi connectivity index (χ0) is 31.7. The van der Waals surface area contributed by atoms with Crippen molar-refractivity contribution in [2.45, 2.75) is 49.9 Å². The highest BCUT2D eigenvalue weighted by Gasteiger charge is 2.49. The smallest absolute Gasteiger partial charge is 0.319 e. The molecule has 4 aliphatic heterocycles. The first-order valence-electron chi connectivity index (χ1n) is 15.4. The minimum atomic E-state index is -0.938. The SMILES string of the molecule is N#Cc1c(N)sc2c(F)ccc(-c3c(Cl)c4c5c(nc(OC[C@@]67CCCN6C[C@H](F)C7)nc5c3F)N(C3CCCOC3)CCO4)c12. The zero-order valence-corrected chi connectivity index (χ0v) is 26.3. The number of nitrogen functional groups attached to an aromatic ring is 1. The molecule has 240 valence electrons. The van der Waals surface area contributed by atoms with Crippen molar-refractivity contribution in [1.82, 2.24) is 14.9 Å². The van der Waals surface area contributed by atoms with Gasteiger partial charge >= 0.3 is 6.01 Å². The van der Waals surface area contributed by atoms with E-state index in [4.69, 9.17) is 36.5 Å². The second-order valence-electron chi connectivity index (χ2n) is 12.4. The molecule has 0 bridgehead atoms. The van der Waals surface area contributed by atoms with E-state index in [2.05, 4.69) is 9.88 Å². The molecular weight excluding hydrogens is 641 g/mol. The minimum Gasteiger partial charge on any atom is -0.489 e. The summed E-state index contributed by atoms with van der Waals surface area (Å²) in [5.74, 6) is -0.788. The van der Waals surface area contributed by atoms with Gasteiger partial charge in [0.1, 0.15) is 47.6 Å². The number of thiophene rings is 1. The van der Waals surface area contributed by atoms with Crippen molar-refractivity contribution in [3.63, 3.8) is 0 Å². The van der Waals surface area contributed by atoms with Crippen LogP contribution in [-0.4, -0.2) is 78.7 Å². The van der Waals surface area contributed by atoms with Crippen LogP contribution in [0.25, 0.3) is 32.1 Å². The Morgan fingerprint density at radius 3 is 2.87 bits per heavy atom. The molecule has 3 saturated heterocycles. The van der Waals surface area contributed by atoms with Crippen LogP contribution in [0.4, 0.5) is 24.0 Å². The lowest BCUT2D eigenvalue weighted by molar-refractivity contribution is 0.0783. The Morgan fingerprint density at radius 1 is 1.20 bits per heavy atom. The summed E-state index contributed by atoms with van der Waals surface area (Å²) < 4.78 is 65.0. The standard InChI is InChI=1S/C32H30ClF3N6O3S/c33-24-22(18-4-5-20(35)28-21(18)19(12-37)29(38)46-28)25(36)26-23-27(24)44-10-8-42(17-3-1-9-43-14-17)30(23)40-31(39-26)45-15-32-6-2-7-41(32)13-16(34)11-32/h4-5,16-17H,1-3,6-11,13-15,38H2/t16-,17?,32+/m1/s1. The van der Waals surface area contributed by atoms with E-state index in [0.717, 1.165) is 43.6 Å². The number of nitrogens with two attached hydrogens (primary N) is 1. The molecule has 4 aromatic rings. The molecule has 1 unspecified atom stereocenters. The van der Waals surface area contributed by atoms with E-state index in [1.165, 1.54) is 12.1 Å². The van der Waals surface area contributed by atoms with E-state index in [0.29, 0.717) is 38.5 Å². The summed E-state index contributed by atoms with van der Waals surface area (Å²) in [4.78, 5) is 13.6. The van der Waals surface area contributed by atoms with Gasteiger partial charge in [-0.05, 0) is 43.9 Å². The molecule has 4 aliphatic rings. The average Bonchev–Trinajstić information content (AvgIpc) is 3.65. The van der Waals surface area contributed by atoms with E-state index in [1.54, 1.807) is 0 Å². The molecule has 0 radical (unpaired) electrons. The van der Waals surface area contributed by atoms with Gasteiger partial charge in [0, 0.05) is 30.5 Å². The molecule has 0 saturated carbocycles. The molecule has 6 heterocycles. The third kappa shape index (κ3) is 4.56. The van der Waals surface area contributed by atoms with E-state index < -0.39 is 23.3 Å². The predicted octanol–water partition coefficient (Wildman–Crippen LogP) is 6.23. The maximum Gasteiger partial charge on any atom is 0.319 e. The van der Waals surface area contributed by atoms with Crippen LogP contribution in [0.3, 0.4) is 0 Å². The first-order chi connectivity index (χ1) is 22.3. The van der Waals surface area contributed by atoms with Crippen LogP contribution in [0.15, 0.2) is 12.1 Å². The number of benzene rings is 2. The number of aromatic nitrogens is 2. The van der Waals surface area contributed by atoms with E-state index in [1.807, 2.05) is 11.0 Å². The van der Waals surface area contributed by atoms with Crippen LogP contribution in [0.2, 0.25) is 5.02 Å². The van der Waals surface area contributed by atoms with Crippen molar-refractivity contribution in [2.75, 3.05) is 56.7 Å². The fourth-order valence-electron chi connectivity index (χ4n) is 7.71. The second kappa shape index (κ2) is 11.3. The molecule has 3 atom stereocenters. The van der Waals surface area contributed by atoms with Crippen LogP contribution >= 0.6 is 22.9 Å². The van der Waals surface area contributed by atoms with Gasteiger partial charge in [-0.25, -0.2) is 13.2 Å². The molecule has 9 nitrogen and oxygen atoms in total. The maximum absolute atomic E-state index is 17.1. The fourth-order valence-corrected chi connectivity index (χ4v) is 9.00. The number of alkyl halides is 1. The molecule has 8 rings (SSSR count). The first kappa shape index (κ1) is 29.8. The van der Waals surface area contributed by atoms with Crippen LogP contribution in [-0.2, 0) is 4.74 Å². The van der Waals surface area contributed by atoms with Crippen molar-refractivity contribution >= 4 is 54.7 Å². The second-order valence-corrected chi connectivity index (χ2v) is 13.8. The van der Waals surface area contributed by atoms with Crippen molar-refractivity contribution in [2.24, 2.45) is 0 Å². The van der Waals surface area contributed by atoms with Crippen LogP contribution in [0, 0.1) is 23.0 Å². The molecule has 3 fully saturated rings. The Balaban J connectivity index is 1.34. The van der Waals surface area contributed by atoms with Crippen molar-refractivity contribution in [1.29, 1.82) is 5.26 Å². The van der Waals surface area contributed by atoms with Gasteiger partial charge in [0.05, 0.1) is 45.4 Å². The van der Waals surface area contributed by atoms with Gasteiger partial charge in [-0.15, -0.1) is 11.3 Å². The van der Waals surface area contributed by atoms with Gasteiger partial charge in [0.25, 0.3) is 0 Å². The van der Waals surface area contributed by atoms with Crippen LogP contribution in [0.1, 0.15) is 37.7 Å². The van der Waals surface area contributed by atoms with Gasteiger partial charge in [-0.3, -0.25) is 4.90 Å². The predicted molar refractivity (Wildman–Crippen MR) is 170 cm³/mol. The Labute approximate surface area is 271 Å². The molecule has 2 aromatic carbocycles. The first-order valence-corrected chi connectivity index (χ1v) is 16.6. The lowest BCUT2D eigenvalue weighted by Crippen LogP contribution is -2.44. The fraction of sp³-hybridized carbons (Fsp3) is 0.469. The number of hydrogen-bond donors (Lipinski definition) is 1. The molecule has 2 aromatic heterocycles. The number of halogens is 4. The highest BCUT2D eigenvalue weighted by atomic mass is 35.5. The van der Waals surface area contributed by atoms with Gasteiger partial charge in [-0.1, -0.05) is 17.7 Å². The summed E-state index contributed by atoms with van der Waals surface area (Å²) in [5, 5.41) is 10.4. The molecule has 0 amide bonds. The summed E-state index contributed by atoms with van der Waals surface area (Å²) in [6.07, 6.45) is 2.84. The average molecular weight is 671 g/mol. The molecule has 0 spiro atoms. The van der Waals surface area contributed by atoms with Gasteiger partial charge in [-0.2, -0.15) is 15.2 Å². The lowest BCUT2D eigenvalue weighted by Gasteiger charge is -2.34. The summed E-state index contributed by atoms with van der Waals surface area (Å²) in [7, 11) is 0. The third-order valence-electron chi connectivity index (χ3n) is 9.80. The Bertz CT molecular complexity index is 1930. The zero-order valence-electron chi connectivity index (χ0n) is 24.8. The summed E-state index contributed by atoms with van der Waals surface area (Å²) >= 11 is 7.92. The number of rotatable bonds is 5. The summed E-state index contributed by atoms with van der Waals surface area (Å²) in [5.41, 5.74) is 5.67. The highest BCUT2D eigenvalue weighted by Crippen LogP contribution is 2.51. The van der Waals surface area contributed by atoms with Gasteiger partial charge in [0.15, 0.2) is 11.6 Å². The van der Waals surface area contributed by atoms with Gasteiger partial charge in [0.2, 0.25) is 0 Å².